The first kappa shape index (κ1) is 13.5. The van der Waals surface area contributed by atoms with Crippen molar-refractivity contribution < 1.29 is 9.59 Å². The molecule has 0 unspecified atom stereocenters. The molecule has 0 saturated carbocycles. The predicted octanol–water partition coefficient (Wildman–Crippen LogP) is -0.177. The molecule has 19 heavy (non-hydrogen) atoms. The third kappa shape index (κ3) is 4.37. The number of benzene rings is 1. The molecule has 3 N–H and O–H groups in total. The standard InChI is InChI=1S/C14H19N3O2/c18-13(10-12-14(19)17-9-8-15-12)16-7-6-11-4-2-1-3-5-11/h1-5,12,15H,6-10H2,(H,16,18)(H,17,19)/t12-/m0/s1. The van der Waals surface area contributed by atoms with Crippen molar-refractivity contribution in [3.8, 4) is 0 Å². The first-order chi connectivity index (χ1) is 9.25. The second-order valence-electron chi connectivity index (χ2n) is 4.59. The van der Waals surface area contributed by atoms with Crippen LogP contribution in [-0.2, 0) is 16.0 Å². The molecule has 1 saturated heterocycles. The molecule has 5 heteroatoms. The summed E-state index contributed by atoms with van der Waals surface area (Å²) >= 11 is 0. The van der Waals surface area contributed by atoms with Crippen molar-refractivity contribution in [3.05, 3.63) is 35.9 Å². The van der Waals surface area contributed by atoms with Crippen LogP contribution in [0, 0.1) is 0 Å². The lowest BCUT2D eigenvalue weighted by Gasteiger charge is -2.22. The molecule has 1 heterocycles. The number of hydrogen-bond donors (Lipinski definition) is 3. The van der Waals surface area contributed by atoms with Gasteiger partial charge >= 0.3 is 0 Å². The number of hydrogen-bond acceptors (Lipinski definition) is 3. The Labute approximate surface area is 112 Å². The van der Waals surface area contributed by atoms with E-state index in [9.17, 15) is 9.59 Å². The van der Waals surface area contributed by atoms with Crippen LogP contribution in [0.1, 0.15) is 12.0 Å². The molecule has 1 atom stereocenters. The maximum atomic E-state index is 11.7. The summed E-state index contributed by atoms with van der Waals surface area (Å²) in [4.78, 5) is 23.2. The highest BCUT2D eigenvalue weighted by Gasteiger charge is 2.23. The van der Waals surface area contributed by atoms with Crippen molar-refractivity contribution in [2.24, 2.45) is 0 Å². The molecule has 0 aliphatic carbocycles. The van der Waals surface area contributed by atoms with Crippen molar-refractivity contribution >= 4 is 11.8 Å². The molecule has 2 amide bonds. The minimum Gasteiger partial charge on any atom is -0.356 e. The quantitative estimate of drug-likeness (QED) is 0.689. The van der Waals surface area contributed by atoms with Crippen LogP contribution in [0.3, 0.4) is 0 Å². The summed E-state index contributed by atoms with van der Waals surface area (Å²) < 4.78 is 0. The average Bonchev–Trinajstić information content (AvgIpc) is 2.43. The summed E-state index contributed by atoms with van der Waals surface area (Å²) in [6.07, 6.45) is 0.998. The topological polar surface area (TPSA) is 70.2 Å². The van der Waals surface area contributed by atoms with Crippen LogP contribution < -0.4 is 16.0 Å². The van der Waals surface area contributed by atoms with Crippen molar-refractivity contribution in [1.29, 1.82) is 0 Å². The van der Waals surface area contributed by atoms with Gasteiger partial charge in [-0.1, -0.05) is 30.3 Å². The Hall–Kier alpha value is -1.88. The molecule has 2 rings (SSSR count). The second-order valence-corrected chi connectivity index (χ2v) is 4.59. The fourth-order valence-electron chi connectivity index (χ4n) is 2.06. The van der Waals surface area contributed by atoms with Gasteiger partial charge in [0.1, 0.15) is 0 Å². The largest absolute Gasteiger partial charge is 0.356 e. The van der Waals surface area contributed by atoms with Gasteiger partial charge < -0.3 is 16.0 Å². The van der Waals surface area contributed by atoms with E-state index in [1.165, 1.54) is 5.56 Å². The molecular weight excluding hydrogens is 242 g/mol. The molecule has 1 aliphatic heterocycles. The van der Waals surface area contributed by atoms with Crippen LogP contribution >= 0.6 is 0 Å². The van der Waals surface area contributed by atoms with Gasteiger partial charge in [0.05, 0.1) is 12.5 Å². The third-order valence-electron chi connectivity index (χ3n) is 3.10. The SMILES string of the molecule is O=C(C[C@@H]1NCCNC1=O)NCCc1ccccc1. The lowest BCUT2D eigenvalue weighted by molar-refractivity contribution is -0.129. The van der Waals surface area contributed by atoms with E-state index in [4.69, 9.17) is 0 Å². The number of piperazine rings is 1. The lowest BCUT2D eigenvalue weighted by Crippen LogP contribution is -2.54. The minimum atomic E-state index is -0.398. The zero-order valence-corrected chi connectivity index (χ0v) is 10.8. The van der Waals surface area contributed by atoms with Crippen molar-refractivity contribution in [1.82, 2.24) is 16.0 Å². The van der Waals surface area contributed by atoms with Gasteiger partial charge in [-0.2, -0.15) is 0 Å². The third-order valence-corrected chi connectivity index (χ3v) is 3.10. The van der Waals surface area contributed by atoms with Crippen molar-refractivity contribution in [2.75, 3.05) is 19.6 Å². The fourth-order valence-corrected chi connectivity index (χ4v) is 2.06. The van der Waals surface area contributed by atoms with E-state index in [1.807, 2.05) is 30.3 Å². The zero-order valence-electron chi connectivity index (χ0n) is 10.8. The second kappa shape index (κ2) is 6.89. The highest BCUT2D eigenvalue weighted by Crippen LogP contribution is 1.99. The van der Waals surface area contributed by atoms with Crippen LogP contribution in [0.2, 0.25) is 0 Å². The Balaban J connectivity index is 1.68. The molecular formula is C14H19N3O2. The number of amides is 2. The normalized spacial score (nSPS) is 18.7. The van der Waals surface area contributed by atoms with Gasteiger partial charge in [0.2, 0.25) is 11.8 Å². The Morgan fingerprint density at radius 1 is 1.26 bits per heavy atom. The van der Waals surface area contributed by atoms with Crippen molar-refractivity contribution in [3.63, 3.8) is 0 Å². The Bertz CT molecular complexity index is 434. The van der Waals surface area contributed by atoms with Gasteiger partial charge in [-0.3, -0.25) is 9.59 Å². The van der Waals surface area contributed by atoms with E-state index < -0.39 is 6.04 Å². The molecule has 1 aliphatic rings. The Morgan fingerprint density at radius 3 is 2.79 bits per heavy atom. The molecule has 0 spiro atoms. The Morgan fingerprint density at radius 2 is 2.05 bits per heavy atom. The van der Waals surface area contributed by atoms with Crippen LogP contribution in [0.15, 0.2) is 30.3 Å². The van der Waals surface area contributed by atoms with Crippen LogP contribution in [0.25, 0.3) is 0 Å². The fraction of sp³-hybridized carbons (Fsp3) is 0.429. The number of rotatable bonds is 5. The van der Waals surface area contributed by atoms with E-state index in [-0.39, 0.29) is 18.2 Å². The summed E-state index contributed by atoms with van der Waals surface area (Å²) in [7, 11) is 0. The number of nitrogens with one attached hydrogen (secondary N) is 3. The minimum absolute atomic E-state index is 0.0921. The van der Waals surface area contributed by atoms with Gasteiger partial charge in [0.15, 0.2) is 0 Å². The van der Waals surface area contributed by atoms with Crippen LogP contribution in [0.4, 0.5) is 0 Å². The van der Waals surface area contributed by atoms with Gasteiger partial charge in [-0.05, 0) is 12.0 Å². The van der Waals surface area contributed by atoms with Gasteiger partial charge in [0, 0.05) is 19.6 Å². The van der Waals surface area contributed by atoms with Gasteiger partial charge in [-0.25, -0.2) is 0 Å². The molecule has 5 nitrogen and oxygen atoms in total. The summed E-state index contributed by atoms with van der Waals surface area (Å²) in [6.45, 7) is 1.94. The zero-order chi connectivity index (χ0) is 13.5. The molecule has 1 aromatic rings. The highest BCUT2D eigenvalue weighted by atomic mass is 16.2. The maximum Gasteiger partial charge on any atom is 0.237 e. The highest BCUT2D eigenvalue weighted by molar-refractivity contribution is 5.88. The average molecular weight is 261 g/mol. The van der Waals surface area contributed by atoms with E-state index in [2.05, 4.69) is 16.0 Å². The first-order valence-electron chi connectivity index (χ1n) is 6.57. The monoisotopic (exact) mass is 261 g/mol. The Kier molecular flexibility index (Phi) is 4.92. The van der Waals surface area contributed by atoms with Crippen molar-refractivity contribution in [2.45, 2.75) is 18.9 Å². The predicted molar refractivity (Wildman–Crippen MR) is 72.6 cm³/mol. The molecule has 0 bridgehead atoms. The van der Waals surface area contributed by atoms with Crippen LogP contribution in [-0.4, -0.2) is 37.5 Å². The lowest BCUT2D eigenvalue weighted by atomic mass is 10.1. The van der Waals surface area contributed by atoms with E-state index in [0.717, 1.165) is 6.42 Å². The summed E-state index contributed by atoms with van der Waals surface area (Å²) in [5.41, 5.74) is 1.19. The number of carbonyl (C=O) groups excluding carboxylic acids is 2. The summed E-state index contributed by atoms with van der Waals surface area (Å²) in [5, 5.41) is 8.61. The van der Waals surface area contributed by atoms with E-state index in [0.29, 0.717) is 19.6 Å². The molecule has 1 fully saturated rings. The van der Waals surface area contributed by atoms with Gasteiger partial charge in [0.25, 0.3) is 0 Å². The van der Waals surface area contributed by atoms with Crippen LogP contribution in [0.5, 0.6) is 0 Å². The van der Waals surface area contributed by atoms with E-state index in [1.54, 1.807) is 0 Å². The first-order valence-corrected chi connectivity index (χ1v) is 6.57. The molecule has 0 aromatic heterocycles. The molecule has 0 radical (unpaired) electrons. The van der Waals surface area contributed by atoms with Gasteiger partial charge in [-0.15, -0.1) is 0 Å². The van der Waals surface area contributed by atoms with E-state index >= 15 is 0 Å². The number of carbonyl (C=O) groups is 2. The maximum absolute atomic E-state index is 11.7. The molecule has 102 valence electrons. The summed E-state index contributed by atoms with van der Waals surface area (Å²) in [6, 6.07) is 9.59. The smallest absolute Gasteiger partial charge is 0.237 e. The molecule has 1 aromatic carbocycles. The summed E-state index contributed by atoms with van der Waals surface area (Å²) in [5.74, 6) is -0.185.